The van der Waals surface area contributed by atoms with E-state index in [1.165, 1.54) is 11.1 Å². The third-order valence-electron chi connectivity index (χ3n) is 2.65. The van der Waals surface area contributed by atoms with Gasteiger partial charge in [-0.05, 0) is 42.5 Å². The van der Waals surface area contributed by atoms with Gasteiger partial charge in [-0.15, -0.1) is 0 Å². The molecule has 3 heteroatoms. The van der Waals surface area contributed by atoms with Crippen molar-refractivity contribution in [1.82, 2.24) is 5.43 Å². The first-order valence-corrected chi connectivity index (χ1v) is 4.56. The van der Waals surface area contributed by atoms with Gasteiger partial charge in [0.2, 0.25) is 0 Å². The third-order valence-corrected chi connectivity index (χ3v) is 2.65. The van der Waals surface area contributed by atoms with Crippen LogP contribution in [0.2, 0.25) is 0 Å². The summed E-state index contributed by atoms with van der Waals surface area (Å²) < 4.78 is 0. The summed E-state index contributed by atoms with van der Waals surface area (Å²) in [5.41, 5.74) is 5.34. The first kappa shape index (κ1) is 8.53. The number of aryl methyl sites for hydroxylation is 1. The molecule has 1 aromatic carbocycles. The Labute approximate surface area is 77.5 Å². The summed E-state index contributed by atoms with van der Waals surface area (Å²) in [6.07, 6.45) is 3.04. The molecule has 0 bridgehead atoms. The predicted molar refractivity (Wildman–Crippen MR) is 51.2 cm³/mol. The zero-order chi connectivity index (χ0) is 9.26. The van der Waals surface area contributed by atoms with Gasteiger partial charge in [0.1, 0.15) is 5.75 Å². The number of phenols is 1. The Morgan fingerprint density at radius 2 is 2.23 bits per heavy atom. The van der Waals surface area contributed by atoms with E-state index < -0.39 is 0 Å². The molecular formula is C10H14N2O. The van der Waals surface area contributed by atoms with Gasteiger partial charge in [0.15, 0.2) is 0 Å². The summed E-state index contributed by atoms with van der Waals surface area (Å²) in [7, 11) is 0. The molecule has 3 nitrogen and oxygen atoms in total. The van der Waals surface area contributed by atoms with Crippen LogP contribution in [0.5, 0.6) is 5.75 Å². The highest BCUT2D eigenvalue weighted by Crippen LogP contribution is 2.24. The monoisotopic (exact) mass is 178 g/mol. The van der Waals surface area contributed by atoms with Crippen molar-refractivity contribution in [3.05, 3.63) is 29.3 Å². The van der Waals surface area contributed by atoms with E-state index in [9.17, 15) is 5.11 Å². The lowest BCUT2D eigenvalue weighted by Crippen LogP contribution is -2.39. The molecule has 0 amide bonds. The van der Waals surface area contributed by atoms with Gasteiger partial charge in [-0.2, -0.15) is 0 Å². The zero-order valence-electron chi connectivity index (χ0n) is 7.46. The van der Waals surface area contributed by atoms with Crippen LogP contribution in [0.4, 0.5) is 0 Å². The van der Waals surface area contributed by atoms with Gasteiger partial charge in [-0.1, -0.05) is 6.07 Å². The highest BCUT2D eigenvalue weighted by atomic mass is 16.3. The van der Waals surface area contributed by atoms with Crippen molar-refractivity contribution in [1.29, 1.82) is 0 Å². The second-order valence-corrected chi connectivity index (χ2v) is 3.56. The predicted octanol–water partition coefficient (Wildman–Crippen LogP) is 0.713. The van der Waals surface area contributed by atoms with Gasteiger partial charge >= 0.3 is 0 Å². The fraction of sp³-hybridized carbons (Fsp3) is 0.400. The number of aromatic hydroxyl groups is 1. The molecule has 1 aliphatic rings. The van der Waals surface area contributed by atoms with Crippen molar-refractivity contribution in [2.75, 3.05) is 0 Å². The Bertz CT molecular complexity index is 312. The largest absolute Gasteiger partial charge is 0.508 e. The maximum Gasteiger partial charge on any atom is 0.115 e. The minimum atomic E-state index is 0.344. The molecule has 70 valence electrons. The van der Waals surface area contributed by atoms with Crippen LogP contribution >= 0.6 is 0 Å². The normalized spacial score (nSPS) is 21.2. The van der Waals surface area contributed by atoms with Crippen LogP contribution in [0.25, 0.3) is 0 Å². The standard InChI is InChI=1S/C10H14N2O/c11-12-9-3-1-7-2-4-10(13)6-8(7)5-9/h2,4,6,9,12-13H,1,3,5,11H2. The van der Waals surface area contributed by atoms with Crippen LogP contribution in [0, 0.1) is 0 Å². The average molecular weight is 178 g/mol. The van der Waals surface area contributed by atoms with E-state index in [0.717, 1.165) is 19.3 Å². The lowest BCUT2D eigenvalue weighted by molar-refractivity contribution is 0.457. The summed E-state index contributed by atoms with van der Waals surface area (Å²) in [5, 5.41) is 9.30. The number of nitrogens with two attached hydrogens (primary N) is 1. The van der Waals surface area contributed by atoms with Crippen molar-refractivity contribution in [3.63, 3.8) is 0 Å². The molecule has 0 heterocycles. The lowest BCUT2D eigenvalue weighted by atomic mass is 9.88. The number of rotatable bonds is 1. The molecule has 4 N–H and O–H groups in total. The molecule has 0 saturated carbocycles. The molecule has 0 spiro atoms. The van der Waals surface area contributed by atoms with E-state index >= 15 is 0 Å². The van der Waals surface area contributed by atoms with Crippen LogP contribution in [-0.2, 0) is 12.8 Å². The molecule has 1 aromatic rings. The molecule has 0 radical (unpaired) electrons. The highest BCUT2D eigenvalue weighted by Gasteiger charge is 2.17. The van der Waals surface area contributed by atoms with Gasteiger partial charge in [0, 0.05) is 6.04 Å². The first-order valence-electron chi connectivity index (χ1n) is 4.56. The number of hydrogen-bond acceptors (Lipinski definition) is 3. The van der Waals surface area contributed by atoms with Gasteiger partial charge in [-0.25, -0.2) is 0 Å². The Kier molecular flexibility index (Phi) is 2.20. The fourth-order valence-electron chi connectivity index (χ4n) is 1.89. The SMILES string of the molecule is NNC1CCc2ccc(O)cc2C1. The maximum absolute atomic E-state index is 9.30. The molecule has 0 aromatic heterocycles. The van der Waals surface area contributed by atoms with E-state index in [2.05, 4.69) is 5.43 Å². The molecule has 2 rings (SSSR count). The van der Waals surface area contributed by atoms with Crippen molar-refractivity contribution in [3.8, 4) is 5.75 Å². The van der Waals surface area contributed by atoms with Gasteiger partial charge < -0.3 is 5.11 Å². The Morgan fingerprint density at radius 3 is 3.00 bits per heavy atom. The quantitative estimate of drug-likeness (QED) is 0.438. The Morgan fingerprint density at radius 1 is 1.38 bits per heavy atom. The second-order valence-electron chi connectivity index (χ2n) is 3.56. The number of hydrogen-bond donors (Lipinski definition) is 3. The zero-order valence-corrected chi connectivity index (χ0v) is 7.46. The minimum absolute atomic E-state index is 0.344. The summed E-state index contributed by atoms with van der Waals surface area (Å²) in [4.78, 5) is 0. The molecule has 0 saturated heterocycles. The number of benzene rings is 1. The maximum atomic E-state index is 9.30. The van der Waals surface area contributed by atoms with Crippen LogP contribution in [-0.4, -0.2) is 11.1 Å². The molecule has 0 fully saturated rings. The summed E-state index contributed by atoms with van der Waals surface area (Å²) in [6, 6.07) is 5.93. The average Bonchev–Trinajstić information content (AvgIpc) is 2.16. The van der Waals surface area contributed by atoms with Crippen molar-refractivity contribution < 1.29 is 5.11 Å². The summed E-state index contributed by atoms with van der Waals surface area (Å²) in [5.74, 6) is 5.73. The highest BCUT2D eigenvalue weighted by molar-refractivity contribution is 5.37. The molecule has 1 aliphatic carbocycles. The Balaban J connectivity index is 2.27. The van der Waals surface area contributed by atoms with Crippen LogP contribution < -0.4 is 11.3 Å². The number of nitrogens with one attached hydrogen (secondary N) is 1. The number of fused-ring (bicyclic) bond motifs is 1. The van der Waals surface area contributed by atoms with Crippen molar-refractivity contribution in [2.24, 2.45) is 5.84 Å². The molecular weight excluding hydrogens is 164 g/mol. The summed E-state index contributed by atoms with van der Waals surface area (Å²) in [6.45, 7) is 0. The molecule has 1 atom stereocenters. The van der Waals surface area contributed by atoms with Crippen LogP contribution in [0.15, 0.2) is 18.2 Å². The van der Waals surface area contributed by atoms with E-state index in [4.69, 9.17) is 5.84 Å². The molecule has 0 aliphatic heterocycles. The topological polar surface area (TPSA) is 58.3 Å². The fourth-order valence-corrected chi connectivity index (χ4v) is 1.89. The van der Waals surface area contributed by atoms with Crippen molar-refractivity contribution >= 4 is 0 Å². The van der Waals surface area contributed by atoms with Gasteiger partial charge in [-0.3, -0.25) is 11.3 Å². The van der Waals surface area contributed by atoms with Gasteiger partial charge in [0.25, 0.3) is 0 Å². The third kappa shape index (κ3) is 1.66. The molecule has 13 heavy (non-hydrogen) atoms. The second kappa shape index (κ2) is 3.36. The number of hydrazine groups is 1. The minimum Gasteiger partial charge on any atom is -0.508 e. The first-order chi connectivity index (χ1) is 6.29. The van der Waals surface area contributed by atoms with Crippen molar-refractivity contribution in [2.45, 2.75) is 25.3 Å². The summed E-state index contributed by atoms with van der Waals surface area (Å²) >= 11 is 0. The molecule has 1 unspecified atom stereocenters. The number of phenolic OH excluding ortho intramolecular Hbond substituents is 1. The van der Waals surface area contributed by atoms with Crippen LogP contribution in [0.3, 0.4) is 0 Å². The smallest absolute Gasteiger partial charge is 0.115 e. The van der Waals surface area contributed by atoms with Gasteiger partial charge in [0.05, 0.1) is 0 Å². The lowest BCUT2D eigenvalue weighted by Gasteiger charge is -2.23. The van der Waals surface area contributed by atoms with E-state index in [-0.39, 0.29) is 0 Å². The Hall–Kier alpha value is -1.06. The van der Waals surface area contributed by atoms with Crippen LogP contribution in [0.1, 0.15) is 17.5 Å². The van der Waals surface area contributed by atoms with E-state index in [1.807, 2.05) is 12.1 Å². The van der Waals surface area contributed by atoms with E-state index in [1.54, 1.807) is 6.07 Å². The van der Waals surface area contributed by atoms with E-state index in [0.29, 0.717) is 11.8 Å².